The van der Waals surface area contributed by atoms with Gasteiger partial charge in [0.05, 0.1) is 36.8 Å². The molecule has 5 aromatic rings. The minimum absolute atomic E-state index is 0.0107. The molecule has 3 aliphatic rings. The molecule has 1 aliphatic carbocycles. The molecule has 0 radical (unpaired) electrons. The van der Waals surface area contributed by atoms with Gasteiger partial charge in [-0.1, -0.05) is 60.7 Å². The number of alkyl carbamates (subject to hydrolysis) is 1. The average Bonchev–Trinajstić information content (AvgIpc) is 4.00. The first-order valence-corrected chi connectivity index (χ1v) is 21.8. The molecule has 2 saturated heterocycles. The van der Waals surface area contributed by atoms with Crippen LogP contribution in [0.25, 0.3) is 22.0 Å². The Labute approximate surface area is 372 Å². The van der Waals surface area contributed by atoms with Gasteiger partial charge < -0.3 is 34.5 Å². The van der Waals surface area contributed by atoms with Crippen molar-refractivity contribution in [3.8, 4) is 11.1 Å². The zero-order chi connectivity index (χ0) is 45.3. The van der Waals surface area contributed by atoms with Crippen molar-refractivity contribution < 1.29 is 42.9 Å². The van der Waals surface area contributed by atoms with Gasteiger partial charge in [-0.25, -0.2) is 19.0 Å². The van der Waals surface area contributed by atoms with E-state index in [-0.39, 0.29) is 30.7 Å². The smallest absolute Gasteiger partial charge is 0.419 e. The van der Waals surface area contributed by atoms with Crippen LogP contribution in [0.5, 0.6) is 0 Å². The Morgan fingerprint density at radius 2 is 1.58 bits per heavy atom. The molecule has 4 aromatic carbocycles. The first kappa shape index (κ1) is 44.1. The number of rotatable bonds is 10. The molecule has 14 nitrogen and oxygen atoms in total. The molecule has 8 rings (SSSR count). The minimum atomic E-state index is -0.866. The maximum Gasteiger partial charge on any atom is 0.419 e. The van der Waals surface area contributed by atoms with Crippen LogP contribution in [0.2, 0.25) is 0 Å². The molecular weight excluding hydrogens is 815 g/mol. The van der Waals surface area contributed by atoms with Crippen molar-refractivity contribution in [2.45, 2.75) is 90.7 Å². The van der Waals surface area contributed by atoms with E-state index in [1.807, 2.05) is 30.3 Å². The van der Waals surface area contributed by atoms with Crippen molar-refractivity contribution in [2.24, 2.45) is 0 Å². The van der Waals surface area contributed by atoms with Gasteiger partial charge in [-0.3, -0.25) is 14.5 Å². The van der Waals surface area contributed by atoms with E-state index in [1.165, 1.54) is 28.3 Å². The number of fused-ring (bicyclic) bond motifs is 4. The SMILES string of the molecule is CC(C)(C)OC(=O)c1cc2c(NC(=O)C[C@H](NC(=O)OCc3ccc4c(c3)Cc3ccccc3-4)c3ccc(N4CCN([C@H]5CCOC5)CC4=O)cc3)cccc2n1C(=O)OC(C)(C)C. The Kier molecular flexibility index (Phi) is 12.4. The highest BCUT2D eigenvalue weighted by Crippen LogP contribution is 2.37. The largest absolute Gasteiger partial charge is 0.455 e. The van der Waals surface area contributed by atoms with Gasteiger partial charge in [0.25, 0.3) is 0 Å². The van der Waals surface area contributed by atoms with Crippen LogP contribution in [0, 0.1) is 0 Å². The van der Waals surface area contributed by atoms with E-state index in [9.17, 15) is 24.0 Å². The van der Waals surface area contributed by atoms with Crippen LogP contribution in [-0.4, -0.2) is 89.5 Å². The molecule has 3 heterocycles. The summed E-state index contributed by atoms with van der Waals surface area (Å²) in [5.74, 6) is -1.22. The number of hydrogen-bond acceptors (Lipinski definition) is 10. The maximum absolute atomic E-state index is 14.1. The molecule has 64 heavy (non-hydrogen) atoms. The average molecular weight is 870 g/mol. The summed E-state index contributed by atoms with van der Waals surface area (Å²) in [6.07, 6.45) is 0.00284. The number of benzene rings is 4. The van der Waals surface area contributed by atoms with E-state index in [0.717, 1.165) is 29.5 Å². The van der Waals surface area contributed by atoms with Crippen molar-refractivity contribution >= 4 is 52.2 Å². The first-order valence-electron chi connectivity index (χ1n) is 21.8. The molecule has 0 unspecified atom stereocenters. The second kappa shape index (κ2) is 17.9. The summed E-state index contributed by atoms with van der Waals surface area (Å²) in [5, 5.41) is 6.25. The van der Waals surface area contributed by atoms with Crippen molar-refractivity contribution in [1.82, 2.24) is 14.8 Å². The summed E-state index contributed by atoms with van der Waals surface area (Å²) in [5.41, 5.74) is 5.82. The molecular formula is C50H55N5O9. The number of nitrogens with zero attached hydrogens (tertiary/aromatic N) is 3. The van der Waals surface area contributed by atoms with Crippen LogP contribution >= 0.6 is 0 Å². The van der Waals surface area contributed by atoms with Crippen LogP contribution < -0.4 is 15.5 Å². The molecule has 2 aliphatic heterocycles. The Morgan fingerprint density at radius 3 is 2.30 bits per heavy atom. The summed E-state index contributed by atoms with van der Waals surface area (Å²) >= 11 is 0. The lowest BCUT2D eigenvalue weighted by molar-refractivity contribution is -0.122. The predicted octanol–water partition coefficient (Wildman–Crippen LogP) is 8.38. The Hall–Kier alpha value is -6.51. The predicted molar refractivity (Wildman–Crippen MR) is 242 cm³/mol. The number of amides is 3. The van der Waals surface area contributed by atoms with Crippen LogP contribution in [0.3, 0.4) is 0 Å². The molecule has 1 aromatic heterocycles. The number of esters is 1. The van der Waals surface area contributed by atoms with Gasteiger partial charge in [0.1, 0.15) is 23.5 Å². The normalized spacial score (nSPS) is 16.8. The Bertz CT molecular complexity index is 2600. The van der Waals surface area contributed by atoms with Crippen LogP contribution in [0.15, 0.2) is 91.0 Å². The lowest BCUT2D eigenvalue weighted by Crippen LogP contribution is -2.53. The van der Waals surface area contributed by atoms with E-state index in [4.69, 9.17) is 18.9 Å². The zero-order valence-electron chi connectivity index (χ0n) is 37.2. The van der Waals surface area contributed by atoms with E-state index in [1.54, 1.807) is 76.8 Å². The Balaban J connectivity index is 1.02. The van der Waals surface area contributed by atoms with Crippen molar-refractivity contribution in [2.75, 3.05) is 43.1 Å². The lowest BCUT2D eigenvalue weighted by atomic mass is 10.0. The van der Waals surface area contributed by atoms with Gasteiger partial charge in [0, 0.05) is 36.8 Å². The Morgan fingerprint density at radius 1 is 0.828 bits per heavy atom. The monoisotopic (exact) mass is 869 g/mol. The van der Waals surface area contributed by atoms with Crippen LogP contribution in [0.1, 0.15) is 93.2 Å². The zero-order valence-corrected chi connectivity index (χ0v) is 37.2. The molecule has 0 bridgehead atoms. The second-order valence-electron chi connectivity index (χ2n) is 18.6. The van der Waals surface area contributed by atoms with E-state index < -0.39 is 41.3 Å². The first-order chi connectivity index (χ1) is 30.5. The van der Waals surface area contributed by atoms with E-state index in [0.29, 0.717) is 54.1 Å². The van der Waals surface area contributed by atoms with Gasteiger partial charge >= 0.3 is 18.2 Å². The summed E-state index contributed by atoms with van der Waals surface area (Å²) in [4.78, 5) is 72.0. The topological polar surface area (TPSA) is 158 Å². The van der Waals surface area contributed by atoms with Gasteiger partial charge in [-0.05, 0) is 118 Å². The summed E-state index contributed by atoms with van der Waals surface area (Å²) in [6, 6.07) is 27.4. The van der Waals surface area contributed by atoms with Gasteiger partial charge in [0.2, 0.25) is 11.8 Å². The molecule has 14 heteroatoms. The number of piperazine rings is 1. The van der Waals surface area contributed by atoms with E-state index in [2.05, 4.69) is 39.8 Å². The number of aromatic nitrogens is 1. The minimum Gasteiger partial charge on any atom is -0.455 e. The highest BCUT2D eigenvalue weighted by molar-refractivity contribution is 6.08. The van der Waals surface area contributed by atoms with Crippen LogP contribution in [-0.2, 0) is 41.6 Å². The van der Waals surface area contributed by atoms with Crippen molar-refractivity contribution in [3.63, 3.8) is 0 Å². The van der Waals surface area contributed by atoms with Gasteiger partial charge in [-0.2, -0.15) is 0 Å². The number of carbonyl (C=O) groups is 5. The molecule has 0 saturated carbocycles. The quantitative estimate of drug-likeness (QED) is 0.101. The number of hydrogen-bond donors (Lipinski definition) is 2. The third kappa shape index (κ3) is 9.98. The van der Waals surface area contributed by atoms with Crippen LogP contribution in [0.4, 0.5) is 21.0 Å². The van der Waals surface area contributed by atoms with Gasteiger partial charge in [-0.15, -0.1) is 0 Å². The van der Waals surface area contributed by atoms with Gasteiger partial charge in [0.15, 0.2) is 0 Å². The molecule has 3 amide bonds. The standard InChI is InChI=1S/C50H55N5O9/c1-49(2,3)63-46(58)43-26-39-40(12-9-13-42(39)55(43)48(60)64-50(4,5)6)51-44(56)27-41(32-15-17-35(18-16-32)54-22-21-53(28-45(54)57)36-20-23-61-30-36)52-47(59)62-29-31-14-19-38-34(24-31)25-33-10-7-8-11-37(33)38/h7-19,24,26,36,41H,20-23,25,27-30H2,1-6H3,(H,51,56)(H,52,59)/t36-,41-/m0/s1. The molecule has 334 valence electrons. The third-order valence-electron chi connectivity index (χ3n) is 11.5. The number of nitrogens with one attached hydrogen (secondary N) is 2. The highest BCUT2D eigenvalue weighted by atomic mass is 16.6. The fourth-order valence-corrected chi connectivity index (χ4v) is 8.56. The number of carbonyl (C=O) groups excluding carboxylic acids is 5. The number of ether oxygens (including phenoxy) is 4. The number of anilines is 2. The summed E-state index contributed by atoms with van der Waals surface area (Å²) in [7, 11) is 0. The fourth-order valence-electron chi connectivity index (χ4n) is 8.56. The lowest BCUT2D eigenvalue weighted by Gasteiger charge is -2.37. The molecule has 2 atom stereocenters. The fraction of sp³-hybridized carbons (Fsp3) is 0.380. The van der Waals surface area contributed by atoms with E-state index >= 15 is 0 Å². The van der Waals surface area contributed by atoms with Crippen molar-refractivity contribution in [1.29, 1.82) is 0 Å². The molecule has 2 fully saturated rings. The summed E-state index contributed by atoms with van der Waals surface area (Å²) < 4.78 is 23.8. The second-order valence-corrected chi connectivity index (χ2v) is 18.6. The maximum atomic E-state index is 14.1. The summed E-state index contributed by atoms with van der Waals surface area (Å²) in [6.45, 7) is 13.3. The molecule has 0 spiro atoms. The van der Waals surface area contributed by atoms with Crippen molar-refractivity contribution in [3.05, 3.63) is 119 Å². The highest BCUT2D eigenvalue weighted by Gasteiger charge is 2.33. The third-order valence-corrected chi connectivity index (χ3v) is 11.5. The molecule has 2 N–H and O–H groups in total.